The number of hydrogen-bond acceptors (Lipinski definition) is 6. The summed E-state index contributed by atoms with van der Waals surface area (Å²) in [5.41, 5.74) is 1.78. The van der Waals surface area contributed by atoms with E-state index in [1.165, 1.54) is 0 Å². The lowest BCUT2D eigenvalue weighted by Gasteiger charge is -2.12. The van der Waals surface area contributed by atoms with E-state index in [-0.39, 0.29) is 11.8 Å². The fourth-order valence-electron chi connectivity index (χ4n) is 3.23. The molecule has 1 aromatic heterocycles. The first-order valence-electron chi connectivity index (χ1n) is 9.42. The highest BCUT2D eigenvalue weighted by atomic mass is 16.5. The van der Waals surface area contributed by atoms with Crippen molar-refractivity contribution in [2.45, 2.75) is 32.6 Å². The van der Waals surface area contributed by atoms with Crippen molar-refractivity contribution in [2.24, 2.45) is 5.92 Å². The maximum atomic E-state index is 12.0. The Kier molecular flexibility index (Phi) is 6.46. The Morgan fingerprint density at radius 3 is 2.59 bits per heavy atom. The molecule has 7 heteroatoms. The Bertz CT molecular complexity index is 757. The minimum Gasteiger partial charge on any atom is -0.497 e. The fourth-order valence-corrected chi connectivity index (χ4v) is 3.23. The lowest BCUT2D eigenvalue weighted by atomic mass is 10.1. The van der Waals surface area contributed by atoms with Crippen LogP contribution in [-0.4, -0.2) is 36.1 Å². The highest BCUT2D eigenvalue weighted by molar-refractivity contribution is 5.78. The summed E-state index contributed by atoms with van der Waals surface area (Å²) in [4.78, 5) is 20.9. The third-order valence-electron chi connectivity index (χ3n) is 4.65. The number of hydrogen-bond donors (Lipinski definition) is 3. The number of nitrogens with zero attached hydrogens (tertiary/aromatic N) is 2. The quantitative estimate of drug-likeness (QED) is 0.619. The number of aryl methyl sites for hydroxylation is 1. The molecule has 144 valence electrons. The molecule has 0 bridgehead atoms. The SMILES string of the molecule is COc1ccc(Nc2cc(C)nc(NCCNC(=O)C3CCCC3)n2)cc1. The zero-order valence-electron chi connectivity index (χ0n) is 15.9. The molecule has 1 aliphatic rings. The predicted octanol–water partition coefficient (Wildman–Crippen LogP) is 3.26. The lowest BCUT2D eigenvalue weighted by molar-refractivity contribution is -0.124. The molecule has 0 atom stereocenters. The smallest absolute Gasteiger partial charge is 0.224 e. The van der Waals surface area contributed by atoms with Crippen LogP contribution in [0.1, 0.15) is 31.4 Å². The standard InChI is InChI=1S/C20H27N5O2/c1-14-13-18(24-16-7-9-17(27-2)10-8-16)25-20(23-14)22-12-11-21-19(26)15-5-3-4-6-15/h7-10,13,15H,3-6,11-12H2,1-2H3,(H,21,26)(H2,22,23,24,25). The van der Waals surface area contributed by atoms with E-state index >= 15 is 0 Å². The van der Waals surface area contributed by atoms with Crippen LogP contribution in [0.25, 0.3) is 0 Å². The Hall–Kier alpha value is -2.83. The van der Waals surface area contributed by atoms with Gasteiger partial charge in [0.15, 0.2) is 0 Å². The van der Waals surface area contributed by atoms with Gasteiger partial charge in [-0.3, -0.25) is 4.79 Å². The van der Waals surface area contributed by atoms with Crippen molar-refractivity contribution in [3.63, 3.8) is 0 Å². The van der Waals surface area contributed by atoms with E-state index in [0.29, 0.717) is 24.9 Å². The molecule has 1 amide bonds. The summed E-state index contributed by atoms with van der Waals surface area (Å²) < 4.78 is 5.17. The summed E-state index contributed by atoms with van der Waals surface area (Å²) in [5, 5.41) is 9.43. The van der Waals surface area contributed by atoms with Crippen molar-refractivity contribution in [3.05, 3.63) is 36.0 Å². The topological polar surface area (TPSA) is 88.2 Å². The molecule has 1 heterocycles. The number of methoxy groups -OCH3 is 1. The number of rotatable bonds is 8. The van der Waals surface area contributed by atoms with E-state index in [9.17, 15) is 4.79 Å². The van der Waals surface area contributed by atoms with Crippen molar-refractivity contribution in [2.75, 3.05) is 30.8 Å². The summed E-state index contributed by atoms with van der Waals surface area (Å²) in [5.74, 6) is 2.43. The third-order valence-corrected chi connectivity index (χ3v) is 4.65. The van der Waals surface area contributed by atoms with Crippen LogP contribution >= 0.6 is 0 Å². The van der Waals surface area contributed by atoms with Crippen LogP contribution in [0.4, 0.5) is 17.5 Å². The number of aromatic nitrogens is 2. The zero-order chi connectivity index (χ0) is 19.1. The molecule has 2 aromatic rings. The molecule has 1 fully saturated rings. The van der Waals surface area contributed by atoms with E-state index in [1.807, 2.05) is 37.3 Å². The largest absolute Gasteiger partial charge is 0.497 e. The van der Waals surface area contributed by atoms with Gasteiger partial charge in [-0.1, -0.05) is 12.8 Å². The minimum atomic E-state index is 0.168. The molecular formula is C20H27N5O2. The van der Waals surface area contributed by atoms with Gasteiger partial charge in [-0.25, -0.2) is 4.98 Å². The van der Waals surface area contributed by atoms with Crippen molar-refractivity contribution < 1.29 is 9.53 Å². The normalized spacial score (nSPS) is 14.0. The van der Waals surface area contributed by atoms with Gasteiger partial charge in [0.1, 0.15) is 11.6 Å². The van der Waals surface area contributed by atoms with E-state index < -0.39 is 0 Å². The van der Waals surface area contributed by atoms with Crippen LogP contribution in [0.3, 0.4) is 0 Å². The average molecular weight is 369 g/mol. The summed E-state index contributed by atoms with van der Waals surface area (Å²) in [6.45, 7) is 3.08. The van der Waals surface area contributed by atoms with Crippen LogP contribution in [0.2, 0.25) is 0 Å². The number of ether oxygens (including phenoxy) is 1. The van der Waals surface area contributed by atoms with Gasteiger partial charge in [-0.15, -0.1) is 0 Å². The van der Waals surface area contributed by atoms with Gasteiger partial charge >= 0.3 is 0 Å². The lowest BCUT2D eigenvalue weighted by Crippen LogP contribution is -2.33. The molecule has 0 unspecified atom stereocenters. The maximum absolute atomic E-state index is 12.0. The molecule has 1 aromatic carbocycles. The molecule has 0 aliphatic heterocycles. The Balaban J connectivity index is 1.50. The van der Waals surface area contributed by atoms with E-state index in [0.717, 1.165) is 42.8 Å². The highest BCUT2D eigenvalue weighted by Crippen LogP contribution is 2.24. The number of amides is 1. The van der Waals surface area contributed by atoms with Gasteiger partial charge in [0, 0.05) is 36.5 Å². The van der Waals surface area contributed by atoms with Crippen LogP contribution in [-0.2, 0) is 4.79 Å². The van der Waals surface area contributed by atoms with E-state index in [2.05, 4.69) is 25.9 Å². The van der Waals surface area contributed by atoms with Crippen LogP contribution < -0.4 is 20.7 Å². The first kappa shape index (κ1) is 18.9. The third kappa shape index (κ3) is 5.57. The van der Waals surface area contributed by atoms with Crippen molar-refractivity contribution in [1.29, 1.82) is 0 Å². The molecule has 1 saturated carbocycles. The van der Waals surface area contributed by atoms with Gasteiger partial charge in [0.2, 0.25) is 11.9 Å². The summed E-state index contributed by atoms with van der Waals surface area (Å²) in [6, 6.07) is 9.53. The van der Waals surface area contributed by atoms with Crippen molar-refractivity contribution >= 4 is 23.4 Å². The number of nitrogens with one attached hydrogen (secondary N) is 3. The molecule has 0 radical (unpaired) electrons. The molecular weight excluding hydrogens is 342 g/mol. The summed E-state index contributed by atoms with van der Waals surface area (Å²) in [6.07, 6.45) is 4.36. The summed E-state index contributed by atoms with van der Waals surface area (Å²) >= 11 is 0. The second kappa shape index (κ2) is 9.21. The minimum absolute atomic E-state index is 0.168. The van der Waals surface area contributed by atoms with E-state index in [4.69, 9.17) is 4.74 Å². The number of carbonyl (C=O) groups is 1. The van der Waals surface area contributed by atoms with Gasteiger partial charge in [0.25, 0.3) is 0 Å². The average Bonchev–Trinajstić information content (AvgIpc) is 3.20. The Labute approximate surface area is 159 Å². The zero-order valence-corrected chi connectivity index (χ0v) is 15.9. The number of benzene rings is 1. The van der Waals surface area contributed by atoms with E-state index in [1.54, 1.807) is 7.11 Å². The van der Waals surface area contributed by atoms with Gasteiger partial charge < -0.3 is 20.7 Å². The maximum Gasteiger partial charge on any atom is 0.224 e. The molecule has 0 saturated heterocycles. The second-order valence-electron chi connectivity index (χ2n) is 6.77. The van der Waals surface area contributed by atoms with Gasteiger partial charge in [-0.2, -0.15) is 4.98 Å². The van der Waals surface area contributed by atoms with Crippen LogP contribution in [0, 0.1) is 12.8 Å². The predicted molar refractivity (Wildman–Crippen MR) is 107 cm³/mol. The van der Waals surface area contributed by atoms with Gasteiger partial charge in [0.05, 0.1) is 7.11 Å². The first-order chi connectivity index (χ1) is 13.1. The Morgan fingerprint density at radius 1 is 1.15 bits per heavy atom. The molecule has 1 aliphatic carbocycles. The second-order valence-corrected chi connectivity index (χ2v) is 6.77. The van der Waals surface area contributed by atoms with Crippen LogP contribution in [0.15, 0.2) is 30.3 Å². The summed E-state index contributed by atoms with van der Waals surface area (Å²) in [7, 11) is 1.64. The molecule has 3 N–H and O–H groups in total. The fraction of sp³-hybridized carbons (Fsp3) is 0.450. The number of anilines is 3. The van der Waals surface area contributed by atoms with Crippen LogP contribution in [0.5, 0.6) is 5.75 Å². The molecule has 27 heavy (non-hydrogen) atoms. The molecule has 3 rings (SSSR count). The molecule has 7 nitrogen and oxygen atoms in total. The molecule has 0 spiro atoms. The Morgan fingerprint density at radius 2 is 1.89 bits per heavy atom. The van der Waals surface area contributed by atoms with Crippen molar-refractivity contribution in [1.82, 2.24) is 15.3 Å². The monoisotopic (exact) mass is 369 g/mol. The number of carbonyl (C=O) groups excluding carboxylic acids is 1. The first-order valence-corrected chi connectivity index (χ1v) is 9.42. The van der Waals surface area contributed by atoms with Crippen molar-refractivity contribution in [3.8, 4) is 5.75 Å². The van der Waals surface area contributed by atoms with Gasteiger partial charge in [-0.05, 0) is 44.0 Å². The highest BCUT2D eigenvalue weighted by Gasteiger charge is 2.21.